The van der Waals surface area contributed by atoms with Crippen LogP contribution in [-0.4, -0.2) is 18.5 Å². The van der Waals surface area contributed by atoms with Crippen LogP contribution in [0.1, 0.15) is 6.92 Å². The molecule has 0 rings (SSSR count). The highest BCUT2D eigenvalue weighted by Crippen LogP contribution is 2.41. The highest BCUT2D eigenvalue weighted by atomic mass is 19.4. The Balaban J connectivity index is 5.46. The molecule has 0 aliphatic carbocycles. The minimum atomic E-state index is -5.96. The largest absolute Gasteiger partial charge is 0.423 e. The Hall–Kier alpha value is -0.820. The Morgan fingerprint density at radius 2 is 1.21 bits per heavy atom. The van der Waals surface area contributed by atoms with E-state index in [0.29, 0.717) is 0 Å². The van der Waals surface area contributed by atoms with E-state index in [1.807, 2.05) is 0 Å². The van der Waals surface area contributed by atoms with Crippen molar-refractivity contribution >= 4 is 0 Å². The standard InChI is InChI=1S/C6H4F8/c1-2(7)3(8)4(5(9,10)11)6(12,13)14/h2H,1H3. The summed E-state index contributed by atoms with van der Waals surface area (Å²) in [5.74, 6) is -2.86. The fourth-order valence-corrected chi connectivity index (χ4v) is 0.630. The topological polar surface area (TPSA) is 0 Å². The summed E-state index contributed by atoms with van der Waals surface area (Å²) in [5.41, 5.74) is -3.43. The molecule has 0 aliphatic rings. The van der Waals surface area contributed by atoms with Crippen molar-refractivity contribution in [2.24, 2.45) is 0 Å². The number of rotatable bonds is 1. The minimum Gasteiger partial charge on any atom is -0.240 e. The summed E-state index contributed by atoms with van der Waals surface area (Å²) in [6, 6.07) is 0. The van der Waals surface area contributed by atoms with Crippen LogP contribution in [0.15, 0.2) is 11.4 Å². The predicted molar refractivity (Wildman–Crippen MR) is 30.8 cm³/mol. The molecule has 84 valence electrons. The molecule has 1 unspecified atom stereocenters. The van der Waals surface area contributed by atoms with E-state index < -0.39 is 29.9 Å². The maximum atomic E-state index is 12.2. The first kappa shape index (κ1) is 13.2. The zero-order chi connectivity index (χ0) is 11.7. The Morgan fingerprint density at radius 3 is 1.29 bits per heavy atom. The van der Waals surface area contributed by atoms with Crippen molar-refractivity contribution in [3.8, 4) is 0 Å². The molecule has 0 saturated heterocycles. The quantitative estimate of drug-likeness (QED) is 0.600. The Kier molecular flexibility index (Phi) is 3.52. The van der Waals surface area contributed by atoms with E-state index in [9.17, 15) is 35.1 Å². The van der Waals surface area contributed by atoms with Gasteiger partial charge in [0.1, 0.15) is 6.17 Å². The van der Waals surface area contributed by atoms with E-state index >= 15 is 0 Å². The maximum Gasteiger partial charge on any atom is 0.423 e. The lowest BCUT2D eigenvalue weighted by atomic mass is 10.2. The molecule has 0 bridgehead atoms. The second kappa shape index (κ2) is 3.74. The van der Waals surface area contributed by atoms with Gasteiger partial charge in [0.05, 0.1) is 0 Å². The predicted octanol–water partition coefficient (Wildman–Crippen LogP) is 3.69. The summed E-state index contributed by atoms with van der Waals surface area (Å²) in [4.78, 5) is 0. The van der Waals surface area contributed by atoms with Gasteiger partial charge < -0.3 is 0 Å². The molecule has 0 amide bonds. The number of halogens is 8. The van der Waals surface area contributed by atoms with Crippen molar-refractivity contribution in [2.75, 3.05) is 0 Å². The number of allylic oxidation sites excluding steroid dienone is 2. The first-order chi connectivity index (χ1) is 5.98. The number of hydrogen-bond acceptors (Lipinski definition) is 0. The minimum absolute atomic E-state index is 0.243. The van der Waals surface area contributed by atoms with Gasteiger partial charge in [-0.2, -0.15) is 26.3 Å². The van der Waals surface area contributed by atoms with Crippen LogP contribution in [0.5, 0.6) is 0 Å². The summed E-state index contributed by atoms with van der Waals surface area (Å²) >= 11 is 0. The van der Waals surface area contributed by atoms with Gasteiger partial charge in [-0.3, -0.25) is 0 Å². The van der Waals surface area contributed by atoms with Crippen LogP contribution >= 0.6 is 0 Å². The lowest BCUT2D eigenvalue weighted by Gasteiger charge is -2.16. The van der Waals surface area contributed by atoms with Crippen LogP contribution in [0, 0.1) is 0 Å². The number of hydrogen-bond donors (Lipinski definition) is 0. The van der Waals surface area contributed by atoms with Crippen molar-refractivity contribution < 1.29 is 35.1 Å². The van der Waals surface area contributed by atoms with E-state index in [1.54, 1.807) is 0 Å². The molecule has 0 aromatic carbocycles. The first-order valence-electron chi connectivity index (χ1n) is 3.16. The van der Waals surface area contributed by atoms with Crippen LogP contribution in [-0.2, 0) is 0 Å². The van der Waals surface area contributed by atoms with Gasteiger partial charge in [-0.05, 0) is 6.92 Å². The van der Waals surface area contributed by atoms with Crippen LogP contribution in [0.2, 0.25) is 0 Å². The summed E-state index contributed by atoms with van der Waals surface area (Å²) in [6.45, 7) is 0.243. The average molecular weight is 228 g/mol. The van der Waals surface area contributed by atoms with Crippen molar-refractivity contribution in [3.05, 3.63) is 11.4 Å². The molecule has 0 N–H and O–H groups in total. The molecule has 0 aromatic heterocycles. The number of alkyl halides is 7. The third-order valence-electron chi connectivity index (χ3n) is 1.16. The van der Waals surface area contributed by atoms with Crippen LogP contribution in [0.3, 0.4) is 0 Å². The van der Waals surface area contributed by atoms with Crippen molar-refractivity contribution in [2.45, 2.75) is 25.4 Å². The normalized spacial score (nSPS) is 15.2. The zero-order valence-corrected chi connectivity index (χ0v) is 6.60. The van der Waals surface area contributed by atoms with Crippen molar-refractivity contribution in [3.63, 3.8) is 0 Å². The van der Waals surface area contributed by atoms with E-state index in [2.05, 4.69) is 0 Å². The van der Waals surface area contributed by atoms with Crippen molar-refractivity contribution in [1.82, 2.24) is 0 Å². The Bertz CT molecular complexity index is 213. The van der Waals surface area contributed by atoms with Gasteiger partial charge in [0.25, 0.3) is 0 Å². The van der Waals surface area contributed by atoms with Gasteiger partial charge in [0, 0.05) is 0 Å². The van der Waals surface area contributed by atoms with Gasteiger partial charge >= 0.3 is 12.4 Å². The lowest BCUT2D eigenvalue weighted by Crippen LogP contribution is -2.28. The fourth-order valence-electron chi connectivity index (χ4n) is 0.630. The summed E-state index contributed by atoms with van der Waals surface area (Å²) in [6.07, 6.45) is -14.9. The third-order valence-corrected chi connectivity index (χ3v) is 1.16. The highest BCUT2D eigenvalue weighted by molar-refractivity contribution is 5.21. The van der Waals surface area contributed by atoms with E-state index in [0.717, 1.165) is 0 Å². The van der Waals surface area contributed by atoms with Crippen LogP contribution in [0.25, 0.3) is 0 Å². The van der Waals surface area contributed by atoms with Gasteiger partial charge in [-0.15, -0.1) is 0 Å². The lowest BCUT2D eigenvalue weighted by molar-refractivity contribution is -0.175. The van der Waals surface area contributed by atoms with E-state index in [1.165, 1.54) is 0 Å². The van der Waals surface area contributed by atoms with Crippen LogP contribution < -0.4 is 0 Å². The Labute approximate surface area is 73.2 Å². The maximum absolute atomic E-state index is 12.2. The molecule has 0 spiro atoms. The molecule has 0 nitrogen and oxygen atoms in total. The molecule has 0 heterocycles. The molecular formula is C6H4F8. The highest BCUT2D eigenvalue weighted by Gasteiger charge is 2.54. The molecule has 1 atom stereocenters. The summed E-state index contributed by atoms with van der Waals surface area (Å²) < 4.78 is 94.1. The first-order valence-corrected chi connectivity index (χ1v) is 3.16. The monoisotopic (exact) mass is 228 g/mol. The van der Waals surface area contributed by atoms with Gasteiger partial charge in [-0.1, -0.05) is 0 Å². The molecular weight excluding hydrogens is 224 g/mol. The molecule has 0 aliphatic heterocycles. The Morgan fingerprint density at radius 1 is 0.929 bits per heavy atom. The van der Waals surface area contributed by atoms with Gasteiger partial charge in [0.15, 0.2) is 11.4 Å². The smallest absolute Gasteiger partial charge is 0.240 e. The SMILES string of the molecule is CC(F)C(F)=C(C(F)(F)F)C(F)(F)F. The molecule has 14 heavy (non-hydrogen) atoms. The second-order valence-electron chi connectivity index (χ2n) is 2.33. The second-order valence-corrected chi connectivity index (χ2v) is 2.33. The van der Waals surface area contributed by atoms with E-state index in [4.69, 9.17) is 0 Å². The molecule has 0 fully saturated rings. The summed E-state index contributed by atoms with van der Waals surface area (Å²) in [7, 11) is 0. The molecule has 0 aromatic rings. The average Bonchev–Trinajstić information content (AvgIpc) is 1.79. The molecule has 8 heteroatoms. The zero-order valence-electron chi connectivity index (χ0n) is 6.60. The fraction of sp³-hybridized carbons (Fsp3) is 0.667. The van der Waals surface area contributed by atoms with Gasteiger partial charge in [0.2, 0.25) is 0 Å². The van der Waals surface area contributed by atoms with Crippen LogP contribution in [0.4, 0.5) is 35.1 Å². The van der Waals surface area contributed by atoms with Gasteiger partial charge in [-0.25, -0.2) is 8.78 Å². The van der Waals surface area contributed by atoms with E-state index in [-0.39, 0.29) is 6.92 Å². The van der Waals surface area contributed by atoms with Crippen molar-refractivity contribution in [1.29, 1.82) is 0 Å². The molecule has 0 radical (unpaired) electrons. The summed E-state index contributed by atoms with van der Waals surface area (Å²) in [5, 5.41) is 0. The molecule has 0 saturated carbocycles. The third kappa shape index (κ3) is 3.15.